The molecule has 2 aromatic carbocycles. The molecule has 3 atom stereocenters. The van der Waals surface area contributed by atoms with Gasteiger partial charge in [0.1, 0.15) is 12.4 Å². The van der Waals surface area contributed by atoms with Gasteiger partial charge in [-0.2, -0.15) is 0 Å². The maximum atomic E-state index is 12.3. The number of hydrogen-bond acceptors (Lipinski definition) is 4. The minimum Gasteiger partial charge on any atom is -0.375 e. The Labute approximate surface area is 195 Å². The number of para-hydroxylation sites is 2. The van der Waals surface area contributed by atoms with Gasteiger partial charge in [0.05, 0.1) is 17.1 Å². The molecule has 6 heteroatoms. The highest BCUT2D eigenvalue weighted by Gasteiger charge is 2.41. The lowest BCUT2D eigenvalue weighted by Gasteiger charge is -2.40. The van der Waals surface area contributed by atoms with E-state index < -0.39 is 0 Å². The van der Waals surface area contributed by atoms with Crippen molar-refractivity contribution >= 4 is 16.9 Å². The number of benzene rings is 2. The molecule has 33 heavy (non-hydrogen) atoms. The van der Waals surface area contributed by atoms with Crippen molar-refractivity contribution in [1.29, 1.82) is 0 Å². The highest BCUT2D eigenvalue weighted by Crippen LogP contribution is 2.42. The summed E-state index contributed by atoms with van der Waals surface area (Å²) in [6.07, 6.45) is 5.77. The zero-order valence-corrected chi connectivity index (χ0v) is 19.6. The average molecular weight is 447 g/mol. The van der Waals surface area contributed by atoms with Crippen LogP contribution >= 0.6 is 0 Å². The number of fused-ring (bicyclic) bond motifs is 3. The zero-order chi connectivity index (χ0) is 22.8. The highest BCUT2D eigenvalue weighted by molar-refractivity contribution is 5.77. The number of imidazole rings is 1. The molecule has 6 nitrogen and oxygen atoms in total. The Kier molecular flexibility index (Phi) is 6.47. The summed E-state index contributed by atoms with van der Waals surface area (Å²) in [4.78, 5) is 19.8. The van der Waals surface area contributed by atoms with Gasteiger partial charge in [-0.3, -0.25) is 9.69 Å². The predicted octanol–water partition coefficient (Wildman–Crippen LogP) is 4.41. The number of carbonyl (C=O) groups excluding carboxylic acids is 1. The first-order chi connectivity index (χ1) is 16.1. The molecule has 1 amide bonds. The number of nitrogens with one attached hydrogen (secondary N) is 1. The van der Waals surface area contributed by atoms with Crippen LogP contribution in [0.5, 0.6) is 0 Å². The fraction of sp³-hybridized carbons (Fsp3) is 0.481. The highest BCUT2D eigenvalue weighted by atomic mass is 16.5. The maximum Gasteiger partial charge on any atom is 0.246 e. The van der Waals surface area contributed by atoms with Crippen molar-refractivity contribution in [1.82, 2.24) is 19.8 Å². The quantitative estimate of drug-likeness (QED) is 0.557. The second kappa shape index (κ2) is 9.65. The second-order valence-corrected chi connectivity index (χ2v) is 9.52. The van der Waals surface area contributed by atoms with Gasteiger partial charge in [-0.05, 0) is 56.7 Å². The summed E-state index contributed by atoms with van der Waals surface area (Å²) in [6.45, 7) is 3.23. The van der Waals surface area contributed by atoms with Crippen LogP contribution in [0.1, 0.15) is 55.6 Å². The number of amides is 1. The minimum absolute atomic E-state index is 0.00538. The Morgan fingerprint density at radius 3 is 2.48 bits per heavy atom. The van der Waals surface area contributed by atoms with Crippen LogP contribution in [-0.4, -0.2) is 52.7 Å². The number of piperidine rings is 1. The topological polar surface area (TPSA) is 59.4 Å². The minimum atomic E-state index is -0.0597. The molecule has 1 N–H and O–H groups in total. The van der Waals surface area contributed by atoms with Crippen LogP contribution in [0.25, 0.3) is 11.0 Å². The Morgan fingerprint density at radius 2 is 1.76 bits per heavy atom. The van der Waals surface area contributed by atoms with Crippen LogP contribution in [0.15, 0.2) is 54.6 Å². The Morgan fingerprint density at radius 1 is 1.06 bits per heavy atom. The molecule has 2 fully saturated rings. The molecule has 5 rings (SSSR count). The van der Waals surface area contributed by atoms with E-state index in [1.54, 1.807) is 7.11 Å². The van der Waals surface area contributed by atoms with Gasteiger partial charge >= 0.3 is 0 Å². The Balaban J connectivity index is 1.28. The monoisotopic (exact) mass is 446 g/mol. The van der Waals surface area contributed by atoms with Gasteiger partial charge in [-0.1, -0.05) is 42.5 Å². The van der Waals surface area contributed by atoms with E-state index in [-0.39, 0.29) is 18.6 Å². The van der Waals surface area contributed by atoms with Crippen molar-refractivity contribution in [2.45, 2.75) is 63.2 Å². The van der Waals surface area contributed by atoms with Gasteiger partial charge in [0.15, 0.2) is 0 Å². The lowest BCUT2D eigenvalue weighted by molar-refractivity contribution is -0.125. The SMILES string of the molecule is COCC(=O)N[C@@H](CCN1C2CCC1CC(n1c(C)nc3ccccc31)C2)c1ccccc1. The number of nitrogens with zero attached hydrogens (tertiary/aromatic N) is 3. The van der Waals surface area contributed by atoms with E-state index in [1.165, 1.54) is 31.2 Å². The molecule has 174 valence electrons. The lowest BCUT2D eigenvalue weighted by Crippen LogP contribution is -2.45. The molecule has 3 heterocycles. The fourth-order valence-corrected chi connectivity index (χ4v) is 6.10. The number of aryl methyl sites for hydroxylation is 1. The summed E-state index contributed by atoms with van der Waals surface area (Å²) < 4.78 is 7.52. The molecule has 0 saturated carbocycles. The first-order valence-electron chi connectivity index (χ1n) is 12.2. The third-order valence-electron chi connectivity index (χ3n) is 7.49. The van der Waals surface area contributed by atoms with Crippen molar-refractivity contribution in [2.75, 3.05) is 20.3 Å². The van der Waals surface area contributed by atoms with Gasteiger partial charge in [0, 0.05) is 31.8 Å². The number of methoxy groups -OCH3 is 1. The van der Waals surface area contributed by atoms with Gasteiger partial charge in [0.2, 0.25) is 5.91 Å². The summed E-state index contributed by atoms with van der Waals surface area (Å²) >= 11 is 0. The smallest absolute Gasteiger partial charge is 0.246 e. The molecule has 0 spiro atoms. The number of ether oxygens (including phenoxy) is 1. The van der Waals surface area contributed by atoms with Crippen molar-refractivity contribution in [2.24, 2.45) is 0 Å². The molecule has 3 aromatic rings. The number of carbonyl (C=O) groups is 1. The average Bonchev–Trinajstić information content (AvgIpc) is 3.28. The number of hydrogen-bond donors (Lipinski definition) is 1. The predicted molar refractivity (Wildman–Crippen MR) is 130 cm³/mol. The van der Waals surface area contributed by atoms with Crippen LogP contribution in [0.4, 0.5) is 0 Å². The molecule has 0 radical (unpaired) electrons. The summed E-state index contributed by atoms with van der Waals surface area (Å²) in [5.41, 5.74) is 3.52. The van der Waals surface area contributed by atoms with Crippen LogP contribution < -0.4 is 5.32 Å². The number of aromatic nitrogens is 2. The maximum absolute atomic E-state index is 12.3. The first-order valence-corrected chi connectivity index (χ1v) is 12.2. The van der Waals surface area contributed by atoms with E-state index in [2.05, 4.69) is 58.1 Å². The third-order valence-corrected chi connectivity index (χ3v) is 7.49. The van der Waals surface area contributed by atoms with E-state index in [0.717, 1.165) is 29.9 Å². The van der Waals surface area contributed by atoms with Crippen LogP contribution in [-0.2, 0) is 9.53 Å². The molecule has 0 aliphatic carbocycles. The molecular weight excluding hydrogens is 412 g/mol. The van der Waals surface area contributed by atoms with E-state index in [1.807, 2.05) is 18.2 Å². The third kappa shape index (κ3) is 4.55. The van der Waals surface area contributed by atoms with Crippen molar-refractivity contribution < 1.29 is 9.53 Å². The standard InChI is InChI=1S/C27H34N4O2/c1-19-28-25-10-6-7-11-26(25)31(19)23-16-21-12-13-22(17-23)30(21)15-14-24(29-27(32)18-33-2)20-8-4-3-5-9-20/h3-11,21-24H,12-18H2,1-2H3,(H,29,32)/t21?,22?,23?,24-/m0/s1. The lowest BCUT2D eigenvalue weighted by atomic mass is 9.95. The van der Waals surface area contributed by atoms with Gasteiger partial charge in [-0.15, -0.1) is 0 Å². The molecule has 2 saturated heterocycles. The fourth-order valence-electron chi connectivity index (χ4n) is 6.10. The van der Waals surface area contributed by atoms with Crippen LogP contribution in [0.2, 0.25) is 0 Å². The molecule has 2 aliphatic rings. The molecular formula is C27H34N4O2. The molecule has 2 bridgehead atoms. The first kappa shape index (κ1) is 22.1. The van der Waals surface area contributed by atoms with Crippen molar-refractivity contribution in [3.8, 4) is 0 Å². The second-order valence-electron chi connectivity index (χ2n) is 9.52. The summed E-state index contributed by atoms with van der Waals surface area (Å²) in [5, 5.41) is 3.18. The largest absolute Gasteiger partial charge is 0.375 e. The summed E-state index contributed by atoms with van der Waals surface area (Å²) in [7, 11) is 1.56. The normalized spacial score (nSPS) is 23.6. The Bertz CT molecular complexity index is 1080. The zero-order valence-electron chi connectivity index (χ0n) is 19.6. The van der Waals surface area contributed by atoms with Crippen molar-refractivity contribution in [3.63, 3.8) is 0 Å². The van der Waals surface area contributed by atoms with Crippen LogP contribution in [0.3, 0.4) is 0 Å². The van der Waals surface area contributed by atoms with Crippen molar-refractivity contribution in [3.05, 3.63) is 66.0 Å². The summed E-state index contributed by atoms with van der Waals surface area (Å²) in [5.74, 6) is 1.06. The molecule has 1 aromatic heterocycles. The van der Waals surface area contributed by atoms with Crippen LogP contribution in [0, 0.1) is 6.92 Å². The van der Waals surface area contributed by atoms with E-state index in [0.29, 0.717) is 18.1 Å². The van der Waals surface area contributed by atoms with E-state index in [9.17, 15) is 4.79 Å². The van der Waals surface area contributed by atoms with Gasteiger partial charge in [-0.25, -0.2) is 4.98 Å². The molecule has 2 unspecified atom stereocenters. The Hall–Kier alpha value is -2.70. The van der Waals surface area contributed by atoms with E-state index >= 15 is 0 Å². The van der Waals surface area contributed by atoms with E-state index in [4.69, 9.17) is 9.72 Å². The summed E-state index contributed by atoms with van der Waals surface area (Å²) in [6, 6.07) is 20.5. The van der Waals surface area contributed by atoms with Gasteiger partial charge < -0.3 is 14.6 Å². The number of rotatable bonds is 8. The molecule has 2 aliphatic heterocycles. The van der Waals surface area contributed by atoms with Gasteiger partial charge in [0.25, 0.3) is 0 Å².